The molecule has 3 aromatic rings. The molecule has 0 radical (unpaired) electrons. The molecule has 0 aliphatic heterocycles. The number of anilines is 1. The normalized spacial score (nSPS) is 11.8. The van der Waals surface area contributed by atoms with Gasteiger partial charge < -0.3 is 5.32 Å². The van der Waals surface area contributed by atoms with Gasteiger partial charge in [0.05, 0.1) is 16.0 Å². The number of amides is 1. The Morgan fingerprint density at radius 3 is 2.58 bits per heavy atom. The van der Waals surface area contributed by atoms with Crippen LogP contribution in [0.25, 0.3) is 10.2 Å². The van der Waals surface area contributed by atoms with E-state index >= 15 is 0 Å². The van der Waals surface area contributed by atoms with Gasteiger partial charge in [-0.1, -0.05) is 61.6 Å². The molecule has 0 atom stereocenters. The Hall–Kier alpha value is -2.25. The molecule has 26 heavy (non-hydrogen) atoms. The van der Waals surface area contributed by atoms with Crippen molar-refractivity contribution in [3.8, 4) is 0 Å². The molecule has 5 nitrogen and oxygen atoms in total. The standard InChI is InChI=1S/C19H20N2O3S2/c1-13(2)15-8-9-16-17(10-15)25-19(20-16)21-18(22)12-26(23,24)11-14-6-4-3-5-7-14/h3-10,13H,11-12H2,1-2H3,(H,20,21,22). The number of sulfone groups is 1. The van der Waals surface area contributed by atoms with Gasteiger partial charge in [0.15, 0.2) is 15.0 Å². The van der Waals surface area contributed by atoms with E-state index in [-0.39, 0.29) is 5.75 Å². The zero-order chi connectivity index (χ0) is 18.7. The largest absolute Gasteiger partial charge is 0.301 e. The first-order valence-electron chi connectivity index (χ1n) is 8.27. The van der Waals surface area contributed by atoms with Crippen molar-refractivity contribution in [2.24, 2.45) is 0 Å². The third kappa shape index (κ3) is 4.68. The molecule has 1 heterocycles. The first-order chi connectivity index (χ1) is 12.3. The van der Waals surface area contributed by atoms with Crippen LogP contribution in [0, 0.1) is 0 Å². The minimum absolute atomic E-state index is 0.154. The number of fused-ring (bicyclic) bond motifs is 1. The third-order valence-corrected chi connectivity index (χ3v) is 6.31. The second-order valence-electron chi connectivity index (χ2n) is 6.47. The average molecular weight is 389 g/mol. The molecule has 0 fully saturated rings. The second kappa shape index (κ2) is 7.55. The van der Waals surface area contributed by atoms with Crippen LogP contribution < -0.4 is 5.32 Å². The highest BCUT2D eigenvalue weighted by molar-refractivity contribution is 7.91. The van der Waals surface area contributed by atoms with Crippen molar-refractivity contribution in [2.45, 2.75) is 25.5 Å². The van der Waals surface area contributed by atoms with Gasteiger partial charge in [0.25, 0.3) is 0 Å². The molecule has 0 bridgehead atoms. The van der Waals surface area contributed by atoms with Gasteiger partial charge in [0, 0.05) is 0 Å². The fourth-order valence-corrected chi connectivity index (χ4v) is 4.79. The molecule has 0 unspecified atom stereocenters. The number of nitrogens with zero attached hydrogens (tertiary/aromatic N) is 1. The predicted octanol–water partition coefficient (Wildman–Crippen LogP) is 3.97. The Morgan fingerprint density at radius 1 is 1.15 bits per heavy atom. The van der Waals surface area contributed by atoms with E-state index in [1.165, 1.54) is 16.9 Å². The van der Waals surface area contributed by atoms with Gasteiger partial charge in [-0.2, -0.15) is 0 Å². The van der Waals surface area contributed by atoms with E-state index in [0.29, 0.717) is 16.6 Å². The van der Waals surface area contributed by atoms with Gasteiger partial charge in [-0.05, 0) is 29.2 Å². The maximum absolute atomic E-state index is 12.2. The van der Waals surface area contributed by atoms with Crippen LogP contribution in [0.4, 0.5) is 5.13 Å². The summed E-state index contributed by atoms with van der Waals surface area (Å²) in [6.07, 6.45) is 0. The summed E-state index contributed by atoms with van der Waals surface area (Å²) in [4.78, 5) is 16.5. The molecule has 7 heteroatoms. The van der Waals surface area contributed by atoms with Crippen LogP contribution in [-0.2, 0) is 20.4 Å². The van der Waals surface area contributed by atoms with E-state index in [9.17, 15) is 13.2 Å². The highest BCUT2D eigenvalue weighted by Gasteiger charge is 2.18. The first-order valence-corrected chi connectivity index (χ1v) is 10.9. The topological polar surface area (TPSA) is 76.1 Å². The van der Waals surface area contributed by atoms with E-state index in [0.717, 1.165) is 10.2 Å². The van der Waals surface area contributed by atoms with Crippen LogP contribution >= 0.6 is 11.3 Å². The van der Waals surface area contributed by atoms with Crippen LogP contribution in [0.2, 0.25) is 0 Å². The number of thiazole rings is 1. The van der Waals surface area contributed by atoms with Gasteiger partial charge in [-0.15, -0.1) is 0 Å². The summed E-state index contributed by atoms with van der Waals surface area (Å²) in [7, 11) is -3.54. The summed E-state index contributed by atoms with van der Waals surface area (Å²) in [5.74, 6) is -0.875. The van der Waals surface area contributed by atoms with Crippen LogP contribution in [0.1, 0.15) is 30.9 Å². The number of carbonyl (C=O) groups excluding carboxylic acids is 1. The molecule has 0 saturated heterocycles. The number of hydrogen-bond donors (Lipinski definition) is 1. The van der Waals surface area contributed by atoms with Crippen molar-refractivity contribution in [3.63, 3.8) is 0 Å². The summed E-state index contributed by atoms with van der Waals surface area (Å²) in [6.45, 7) is 4.23. The number of aromatic nitrogens is 1. The lowest BCUT2D eigenvalue weighted by molar-refractivity contribution is -0.113. The Balaban J connectivity index is 1.68. The fourth-order valence-electron chi connectivity index (χ4n) is 2.59. The average Bonchev–Trinajstić information content (AvgIpc) is 2.95. The first kappa shape index (κ1) is 18.5. The SMILES string of the molecule is CC(C)c1ccc2nc(NC(=O)CS(=O)(=O)Cc3ccccc3)sc2c1. The van der Waals surface area contributed by atoms with E-state index in [2.05, 4.69) is 30.2 Å². The van der Waals surface area contributed by atoms with E-state index < -0.39 is 21.5 Å². The predicted molar refractivity (Wildman–Crippen MR) is 106 cm³/mol. The van der Waals surface area contributed by atoms with Gasteiger partial charge in [0.1, 0.15) is 5.75 Å². The van der Waals surface area contributed by atoms with E-state index in [1.54, 1.807) is 24.3 Å². The van der Waals surface area contributed by atoms with E-state index in [1.807, 2.05) is 18.2 Å². The summed E-state index contributed by atoms with van der Waals surface area (Å²) in [5.41, 5.74) is 2.66. The molecule has 3 rings (SSSR count). The number of carbonyl (C=O) groups is 1. The Kier molecular flexibility index (Phi) is 5.38. The molecule has 0 spiro atoms. The number of benzene rings is 2. The quantitative estimate of drug-likeness (QED) is 0.693. The van der Waals surface area contributed by atoms with Crippen molar-refractivity contribution in [3.05, 3.63) is 59.7 Å². The maximum atomic E-state index is 12.2. The van der Waals surface area contributed by atoms with Crippen molar-refractivity contribution in [1.82, 2.24) is 4.98 Å². The van der Waals surface area contributed by atoms with Gasteiger partial charge in [0.2, 0.25) is 5.91 Å². The maximum Gasteiger partial charge on any atom is 0.241 e. The molecule has 1 aromatic heterocycles. The van der Waals surface area contributed by atoms with Gasteiger partial charge in [-0.3, -0.25) is 4.79 Å². The van der Waals surface area contributed by atoms with Crippen molar-refractivity contribution >= 4 is 42.4 Å². The minimum Gasteiger partial charge on any atom is -0.301 e. The Morgan fingerprint density at radius 2 is 1.88 bits per heavy atom. The zero-order valence-electron chi connectivity index (χ0n) is 14.6. The van der Waals surface area contributed by atoms with E-state index in [4.69, 9.17) is 0 Å². The molecule has 2 aromatic carbocycles. The molecule has 136 valence electrons. The summed E-state index contributed by atoms with van der Waals surface area (Å²) in [5, 5.41) is 3.03. The smallest absolute Gasteiger partial charge is 0.241 e. The summed E-state index contributed by atoms with van der Waals surface area (Å²) in [6, 6.07) is 14.8. The van der Waals surface area contributed by atoms with Crippen molar-refractivity contribution in [1.29, 1.82) is 0 Å². The molecule has 0 aliphatic rings. The van der Waals surface area contributed by atoms with Crippen molar-refractivity contribution in [2.75, 3.05) is 11.1 Å². The highest BCUT2D eigenvalue weighted by atomic mass is 32.2. The van der Waals surface area contributed by atoms with Crippen LogP contribution in [-0.4, -0.2) is 25.1 Å². The van der Waals surface area contributed by atoms with Crippen molar-refractivity contribution < 1.29 is 13.2 Å². The molecule has 1 amide bonds. The monoisotopic (exact) mass is 388 g/mol. The molecule has 0 saturated carbocycles. The molecular weight excluding hydrogens is 368 g/mol. The van der Waals surface area contributed by atoms with Crippen LogP contribution in [0.3, 0.4) is 0 Å². The number of nitrogens with one attached hydrogen (secondary N) is 1. The lowest BCUT2D eigenvalue weighted by Gasteiger charge is -2.04. The lowest BCUT2D eigenvalue weighted by atomic mass is 10.0. The third-order valence-electron chi connectivity index (χ3n) is 3.91. The molecular formula is C19H20N2O3S2. The van der Waals surface area contributed by atoms with Gasteiger partial charge >= 0.3 is 0 Å². The number of hydrogen-bond acceptors (Lipinski definition) is 5. The zero-order valence-corrected chi connectivity index (χ0v) is 16.2. The van der Waals surface area contributed by atoms with Crippen LogP contribution in [0.5, 0.6) is 0 Å². The molecule has 0 aliphatic carbocycles. The number of rotatable bonds is 6. The molecule has 1 N–H and O–H groups in total. The summed E-state index contributed by atoms with van der Waals surface area (Å²) < 4.78 is 25.4. The van der Waals surface area contributed by atoms with Gasteiger partial charge in [-0.25, -0.2) is 13.4 Å². The second-order valence-corrected chi connectivity index (χ2v) is 9.56. The lowest BCUT2D eigenvalue weighted by Crippen LogP contribution is -2.23. The van der Waals surface area contributed by atoms with Crippen LogP contribution in [0.15, 0.2) is 48.5 Å². The highest BCUT2D eigenvalue weighted by Crippen LogP contribution is 2.29. The summed E-state index contributed by atoms with van der Waals surface area (Å²) >= 11 is 1.35. The Labute approximate surface area is 157 Å². The Bertz CT molecular complexity index is 1030. The fraction of sp³-hybridized carbons (Fsp3) is 0.263. The minimum atomic E-state index is -3.54.